The van der Waals surface area contributed by atoms with Crippen LogP contribution >= 0.6 is 0 Å². The molecule has 0 heterocycles. The van der Waals surface area contributed by atoms with E-state index in [1.54, 1.807) is 4.90 Å². The molecule has 0 bridgehead atoms. The van der Waals surface area contributed by atoms with Gasteiger partial charge in [-0.25, -0.2) is 4.79 Å². The SMILES string of the molecule is CC(C)COC(=O)N(Cc1ccccc1N)C1CC1. The molecule has 0 atom stereocenters. The van der Waals surface area contributed by atoms with Gasteiger partial charge in [-0.2, -0.15) is 0 Å². The quantitative estimate of drug-likeness (QED) is 0.830. The van der Waals surface area contributed by atoms with Crippen LogP contribution in [0.2, 0.25) is 0 Å². The minimum atomic E-state index is -0.223. The second kappa shape index (κ2) is 5.95. The van der Waals surface area contributed by atoms with Gasteiger partial charge in [0.15, 0.2) is 0 Å². The summed E-state index contributed by atoms with van der Waals surface area (Å²) in [4.78, 5) is 13.9. The first kappa shape index (κ1) is 13.7. The Balaban J connectivity index is 2.00. The van der Waals surface area contributed by atoms with Gasteiger partial charge < -0.3 is 15.4 Å². The smallest absolute Gasteiger partial charge is 0.410 e. The molecule has 1 aromatic carbocycles. The van der Waals surface area contributed by atoms with Gasteiger partial charge in [-0.1, -0.05) is 32.0 Å². The summed E-state index contributed by atoms with van der Waals surface area (Å²) in [5.41, 5.74) is 7.64. The molecule has 1 saturated carbocycles. The van der Waals surface area contributed by atoms with E-state index in [0.29, 0.717) is 25.1 Å². The molecule has 0 aromatic heterocycles. The second-order valence-corrected chi connectivity index (χ2v) is 5.53. The fourth-order valence-corrected chi connectivity index (χ4v) is 1.91. The van der Waals surface area contributed by atoms with Gasteiger partial charge in [0, 0.05) is 11.7 Å². The summed E-state index contributed by atoms with van der Waals surface area (Å²) in [5.74, 6) is 0.354. The van der Waals surface area contributed by atoms with Crippen LogP contribution in [0.3, 0.4) is 0 Å². The minimum absolute atomic E-state index is 0.223. The molecule has 0 unspecified atom stereocenters. The number of nitrogens with two attached hydrogens (primary N) is 1. The minimum Gasteiger partial charge on any atom is -0.449 e. The maximum Gasteiger partial charge on any atom is 0.410 e. The maximum atomic E-state index is 12.1. The third kappa shape index (κ3) is 3.88. The number of hydrogen-bond acceptors (Lipinski definition) is 3. The first-order valence-electron chi connectivity index (χ1n) is 6.84. The van der Waals surface area contributed by atoms with Gasteiger partial charge in [-0.15, -0.1) is 0 Å². The summed E-state index contributed by atoms with van der Waals surface area (Å²) in [7, 11) is 0. The number of amides is 1. The van der Waals surface area contributed by atoms with Crippen molar-refractivity contribution in [2.45, 2.75) is 39.3 Å². The lowest BCUT2D eigenvalue weighted by Crippen LogP contribution is -2.34. The van der Waals surface area contributed by atoms with Crippen molar-refractivity contribution in [1.82, 2.24) is 4.90 Å². The fraction of sp³-hybridized carbons (Fsp3) is 0.533. The molecule has 19 heavy (non-hydrogen) atoms. The third-order valence-electron chi connectivity index (χ3n) is 3.16. The van der Waals surface area contributed by atoms with Gasteiger partial charge in [0.25, 0.3) is 0 Å². The Morgan fingerprint density at radius 3 is 2.68 bits per heavy atom. The number of hydrogen-bond donors (Lipinski definition) is 1. The van der Waals surface area contributed by atoms with Crippen LogP contribution in [0.1, 0.15) is 32.3 Å². The number of para-hydroxylation sites is 1. The lowest BCUT2D eigenvalue weighted by molar-refractivity contribution is 0.0871. The van der Waals surface area contributed by atoms with Crippen molar-refractivity contribution in [2.24, 2.45) is 5.92 Å². The van der Waals surface area contributed by atoms with E-state index in [4.69, 9.17) is 10.5 Å². The number of rotatable bonds is 5. The standard InChI is InChI=1S/C15H22N2O2/c1-11(2)10-19-15(18)17(13-7-8-13)9-12-5-3-4-6-14(12)16/h3-6,11,13H,7-10,16H2,1-2H3. The highest BCUT2D eigenvalue weighted by Gasteiger charge is 2.33. The lowest BCUT2D eigenvalue weighted by atomic mass is 10.1. The largest absolute Gasteiger partial charge is 0.449 e. The van der Waals surface area contributed by atoms with Gasteiger partial charge in [0.05, 0.1) is 13.2 Å². The van der Waals surface area contributed by atoms with E-state index in [-0.39, 0.29) is 6.09 Å². The molecule has 0 aliphatic heterocycles. The van der Waals surface area contributed by atoms with Crippen molar-refractivity contribution >= 4 is 11.8 Å². The zero-order chi connectivity index (χ0) is 13.8. The van der Waals surface area contributed by atoms with Gasteiger partial charge in [-0.05, 0) is 30.4 Å². The van der Waals surface area contributed by atoms with Crippen molar-refractivity contribution in [3.63, 3.8) is 0 Å². The zero-order valence-corrected chi connectivity index (χ0v) is 11.6. The topological polar surface area (TPSA) is 55.6 Å². The number of nitrogens with zero attached hydrogens (tertiary/aromatic N) is 1. The van der Waals surface area contributed by atoms with E-state index in [0.717, 1.165) is 24.1 Å². The highest BCUT2D eigenvalue weighted by atomic mass is 16.6. The van der Waals surface area contributed by atoms with Crippen LogP contribution in [-0.4, -0.2) is 23.6 Å². The molecular formula is C15H22N2O2. The van der Waals surface area contributed by atoms with Crippen molar-refractivity contribution < 1.29 is 9.53 Å². The van der Waals surface area contributed by atoms with Gasteiger partial charge in [0.2, 0.25) is 0 Å². The average Bonchev–Trinajstić information content (AvgIpc) is 3.19. The molecular weight excluding hydrogens is 240 g/mol. The van der Waals surface area contributed by atoms with E-state index in [2.05, 4.69) is 0 Å². The first-order valence-corrected chi connectivity index (χ1v) is 6.84. The summed E-state index contributed by atoms with van der Waals surface area (Å²) >= 11 is 0. The van der Waals surface area contributed by atoms with E-state index in [1.165, 1.54) is 0 Å². The number of nitrogen functional groups attached to an aromatic ring is 1. The predicted octanol–water partition coefficient (Wildman–Crippen LogP) is 3.03. The normalized spacial score (nSPS) is 14.5. The Morgan fingerprint density at radius 2 is 2.11 bits per heavy atom. The third-order valence-corrected chi connectivity index (χ3v) is 3.16. The number of ether oxygens (including phenoxy) is 1. The van der Waals surface area contributed by atoms with Crippen LogP contribution in [0.5, 0.6) is 0 Å². The van der Waals surface area contributed by atoms with Gasteiger partial charge in [-0.3, -0.25) is 0 Å². The van der Waals surface area contributed by atoms with Crippen LogP contribution in [0.25, 0.3) is 0 Å². The van der Waals surface area contributed by atoms with E-state index in [9.17, 15) is 4.79 Å². The molecule has 0 spiro atoms. The van der Waals surface area contributed by atoms with E-state index in [1.807, 2.05) is 38.1 Å². The Bertz CT molecular complexity index is 442. The van der Waals surface area contributed by atoms with Crippen LogP contribution in [0, 0.1) is 5.92 Å². The summed E-state index contributed by atoms with van der Waals surface area (Å²) in [6, 6.07) is 7.98. The van der Waals surface area contributed by atoms with Crippen molar-refractivity contribution in [1.29, 1.82) is 0 Å². The first-order chi connectivity index (χ1) is 9.08. The molecule has 1 aliphatic rings. The molecule has 1 fully saturated rings. The van der Waals surface area contributed by atoms with Crippen LogP contribution in [0.4, 0.5) is 10.5 Å². The Hall–Kier alpha value is -1.71. The molecule has 1 aromatic rings. The molecule has 4 nitrogen and oxygen atoms in total. The molecule has 4 heteroatoms. The van der Waals surface area contributed by atoms with E-state index < -0.39 is 0 Å². The van der Waals surface area contributed by atoms with E-state index >= 15 is 0 Å². The molecule has 2 N–H and O–H groups in total. The number of benzene rings is 1. The highest BCUT2D eigenvalue weighted by molar-refractivity contribution is 5.69. The molecule has 0 radical (unpaired) electrons. The van der Waals surface area contributed by atoms with Crippen LogP contribution < -0.4 is 5.73 Å². The number of carbonyl (C=O) groups excluding carboxylic acids is 1. The Kier molecular flexibility index (Phi) is 4.30. The van der Waals surface area contributed by atoms with Crippen LogP contribution in [0.15, 0.2) is 24.3 Å². The number of carbonyl (C=O) groups is 1. The summed E-state index contributed by atoms with van der Waals surface area (Å²) in [6.07, 6.45) is 1.90. The van der Waals surface area contributed by atoms with Gasteiger partial charge in [0.1, 0.15) is 0 Å². The summed E-state index contributed by atoms with van der Waals surface area (Å²) < 4.78 is 5.33. The fourth-order valence-electron chi connectivity index (χ4n) is 1.91. The highest BCUT2D eigenvalue weighted by Crippen LogP contribution is 2.30. The molecule has 104 valence electrons. The zero-order valence-electron chi connectivity index (χ0n) is 11.6. The second-order valence-electron chi connectivity index (χ2n) is 5.53. The summed E-state index contributed by atoms with van der Waals surface area (Å²) in [6.45, 7) is 5.06. The summed E-state index contributed by atoms with van der Waals surface area (Å²) in [5, 5.41) is 0. The van der Waals surface area contributed by atoms with Crippen LogP contribution in [-0.2, 0) is 11.3 Å². The van der Waals surface area contributed by atoms with Crippen molar-refractivity contribution in [2.75, 3.05) is 12.3 Å². The molecule has 0 saturated heterocycles. The Labute approximate surface area is 114 Å². The molecule has 1 amide bonds. The predicted molar refractivity (Wildman–Crippen MR) is 75.6 cm³/mol. The van der Waals surface area contributed by atoms with Crippen molar-refractivity contribution in [3.8, 4) is 0 Å². The van der Waals surface area contributed by atoms with Crippen molar-refractivity contribution in [3.05, 3.63) is 29.8 Å². The molecule has 1 aliphatic carbocycles. The molecule has 2 rings (SSSR count). The monoisotopic (exact) mass is 262 g/mol. The Morgan fingerprint density at radius 1 is 1.42 bits per heavy atom. The average molecular weight is 262 g/mol. The lowest BCUT2D eigenvalue weighted by Gasteiger charge is -2.23. The number of anilines is 1. The van der Waals surface area contributed by atoms with Gasteiger partial charge >= 0.3 is 6.09 Å². The maximum absolute atomic E-state index is 12.1.